The van der Waals surface area contributed by atoms with Gasteiger partial charge in [-0.2, -0.15) is 0 Å². The van der Waals surface area contributed by atoms with Crippen LogP contribution in [-0.2, 0) is 0 Å². The topological polar surface area (TPSA) is 43.9 Å². The normalized spacial score (nSPS) is 12.7. The molecule has 0 saturated heterocycles. The molecule has 0 aliphatic carbocycles. The zero-order valence-electron chi connectivity index (χ0n) is 26.6. The van der Waals surface area contributed by atoms with Gasteiger partial charge in [-0.05, 0) is 82.4 Å². The molecule has 43 heavy (non-hydrogen) atoms. The zero-order chi connectivity index (χ0) is 30.7. The highest BCUT2D eigenvalue weighted by molar-refractivity contribution is 6.08. The van der Waals surface area contributed by atoms with Crippen LogP contribution in [-0.4, -0.2) is 14.5 Å². The molecule has 4 heteroatoms. The van der Waals surface area contributed by atoms with E-state index in [2.05, 4.69) is 111 Å². The standard InChI is InChI=1S/C39H37N3O/c1-23(2)31-21-27(26-13-8-7-9-14-26)22-32(24(3)4)36(31)42-35-18-11-10-17-34(35)40-38(42)30-16-12-15-28-29-19-20-33(25(5)6)41-39(29)43-37(28)30/h7-25H,1-6H3/i25D. The number of imidazole rings is 1. The number of hydrogen-bond acceptors (Lipinski definition) is 3. The number of pyridine rings is 1. The SMILES string of the molecule is [2H]C(C)(C)c1ccc2c(n1)oc1c(-c3nc4ccccc4n3-c3c(C(C)C)cc(-c4ccccc4)cc3C(C)C)cccc12. The van der Waals surface area contributed by atoms with Gasteiger partial charge in [-0.25, -0.2) is 9.97 Å². The third-order valence-electron chi connectivity index (χ3n) is 8.42. The smallest absolute Gasteiger partial charge is 0.227 e. The maximum Gasteiger partial charge on any atom is 0.227 e. The third-order valence-corrected chi connectivity index (χ3v) is 8.42. The lowest BCUT2D eigenvalue weighted by molar-refractivity contribution is 0.648. The molecule has 0 fully saturated rings. The first-order chi connectivity index (χ1) is 21.1. The summed E-state index contributed by atoms with van der Waals surface area (Å²) in [5.41, 5.74) is 11.1. The second kappa shape index (κ2) is 10.5. The number of rotatable bonds is 6. The number of para-hydroxylation sites is 3. The fourth-order valence-corrected chi connectivity index (χ4v) is 6.18. The predicted octanol–water partition coefficient (Wildman–Crippen LogP) is 11.0. The van der Waals surface area contributed by atoms with Gasteiger partial charge in [0.2, 0.25) is 5.71 Å². The van der Waals surface area contributed by atoms with Crippen LogP contribution in [0.2, 0.25) is 0 Å². The second-order valence-electron chi connectivity index (χ2n) is 12.3. The van der Waals surface area contributed by atoms with Crippen LogP contribution in [0.1, 0.15) is 77.5 Å². The van der Waals surface area contributed by atoms with E-state index in [0.717, 1.165) is 38.8 Å². The van der Waals surface area contributed by atoms with Gasteiger partial charge in [0.25, 0.3) is 0 Å². The van der Waals surface area contributed by atoms with Crippen molar-refractivity contribution in [1.29, 1.82) is 0 Å². The molecule has 0 unspecified atom stereocenters. The van der Waals surface area contributed by atoms with E-state index < -0.39 is 5.89 Å². The van der Waals surface area contributed by atoms with E-state index in [1.165, 1.54) is 27.9 Å². The zero-order valence-corrected chi connectivity index (χ0v) is 25.6. The summed E-state index contributed by atoms with van der Waals surface area (Å²) in [4.78, 5) is 10.0. The Kier molecular flexibility index (Phi) is 6.36. The average molecular weight is 565 g/mol. The van der Waals surface area contributed by atoms with Crippen LogP contribution in [0.5, 0.6) is 0 Å². The Bertz CT molecular complexity index is 2130. The monoisotopic (exact) mass is 564 g/mol. The minimum Gasteiger partial charge on any atom is -0.437 e. The molecule has 3 heterocycles. The molecule has 0 aliphatic heterocycles. The predicted molar refractivity (Wildman–Crippen MR) is 179 cm³/mol. The molecule has 3 aromatic heterocycles. The summed E-state index contributed by atoms with van der Waals surface area (Å²) in [7, 11) is 0. The van der Waals surface area contributed by atoms with Crippen molar-refractivity contribution < 1.29 is 5.79 Å². The Hall–Kier alpha value is -4.70. The van der Waals surface area contributed by atoms with Gasteiger partial charge in [-0.1, -0.05) is 96.1 Å². The summed E-state index contributed by atoms with van der Waals surface area (Å²) in [5.74, 6) is 0.570. The van der Waals surface area contributed by atoms with Crippen molar-refractivity contribution in [1.82, 2.24) is 14.5 Å². The van der Waals surface area contributed by atoms with Gasteiger partial charge in [-0.3, -0.25) is 4.57 Å². The number of fused-ring (bicyclic) bond motifs is 4. The lowest BCUT2D eigenvalue weighted by Gasteiger charge is -2.24. The minimum atomic E-state index is -0.823. The van der Waals surface area contributed by atoms with Crippen LogP contribution in [0.25, 0.3) is 61.3 Å². The molecule has 0 saturated carbocycles. The summed E-state index contributed by atoms with van der Waals surface area (Å²) in [6.07, 6.45) is 0. The summed E-state index contributed by atoms with van der Waals surface area (Å²) < 4.78 is 17.4. The number of hydrogen-bond donors (Lipinski definition) is 0. The molecule has 4 nitrogen and oxygen atoms in total. The number of nitrogens with zero attached hydrogens (tertiary/aromatic N) is 3. The summed E-state index contributed by atoms with van der Waals surface area (Å²) in [5, 5.41) is 1.93. The van der Waals surface area contributed by atoms with E-state index >= 15 is 0 Å². The van der Waals surface area contributed by atoms with Crippen LogP contribution in [0.4, 0.5) is 0 Å². The van der Waals surface area contributed by atoms with Crippen molar-refractivity contribution in [3.8, 4) is 28.2 Å². The lowest BCUT2D eigenvalue weighted by Crippen LogP contribution is -2.09. The molecule has 0 N–H and O–H groups in total. The first-order valence-corrected chi connectivity index (χ1v) is 15.2. The first-order valence-electron chi connectivity index (χ1n) is 15.7. The maximum atomic E-state index is 8.51. The van der Waals surface area contributed by atoms with Gasteiger partial charge >= 0.3 is 0 Å². The van der Waals surface area contributed by atoms with Gasteiger partial charge in [0.1, 0.15) is 11.4 Å². The highest BCUT2D eigenvalue weighted by Gasteiger charge is 2.25. The highest BCUT2D eigenvalue weighted by Crippen LogP contribution is 2.42. The number of benzene rings is 4. The summed E-state index contributed by atoms with van der Waals surface area (Å²) >= 11 is 0. The molecular formula is C39H37N3O. The Morgan fingerprint density at radius 3 is 2.07 bits per heavy atom. The molecule has 0 atom stereocenters. The Morgan fingerprint density at radius 1 is 0.674 bits per heavy atom. The van der Waals surface area contributed by atoms with Crippen molar-refractivity contribution in [2.24, 2.45) is 0 Å². The molecule has 7 rings (SSSR count). The lowest BCUT2D eigenvalue weighted by atomic mass is 9.88. The van der Waals surface area contributed by atoms with Crippen LogP contribution >= 0.6 is 0 Å². The van der Waals surface area contributed by atoms with Crippen LogP contribution in [0.15, 0.2) is 101 Å². The van der Waals surface area contributed by atoms with Crippen molar-refractivity contribution in [3.63, 3.8) is 0 Å². The number of aromatic nitrogens is 3. The van der Waals surface area contributed by atoms with Gasteiger partial charge < -0.3 is 4.42 Å². The van der Waals surface area contributed by atoms with Gasteiger partial charge in [0, 0.05) is 17.8 Å². The maximum absolute atomic E-state index is 8.51. The van der Waals surface area contributed by atoms with E-state index in [4.69, 9.17) is 15.8 Å². The molecular weight excluding hydrogens is 526 g/mol. The first kappa shape index (κ1) is 26.0. The molecule has 0 amide bonds. The van der Waals surface area contributed by atoms with Gasteiger partial charge in [-0.15, -0.1) is 0 Å². The second-order valence-corrected chi connectivity index (χ2v) is 12.3. The van der Waals surface area contributed by atoms with Crippen molar-refractivity contribution in [3.05, 3.63) is 114 Å². The van der Waals surface area contributed by atoms with E-state index in [1.54, 1.807) is 0 Å². The molecule has 0 radical (unpaired) electrons. The van der Waals surface area contributed by atoms with Gasteiger partial charge in [0.05, 0.1) is 22.3 Å². The molecule has 7 aromatic rings. The van der Waals surface area contributed by atoms with Gasteiger partial charge in [0.15, 0.2) is 0 Å². The Labute approximate surface area is 254 Å². The largest absolute Gasteiger partial charge is 0.437 e. The minimum absolute atomic E-state index is 0.276. The van der Waals surface area contributed by atoms with E-state index in [9.17, 15) is 0 Å². The van der Waals surface area contributed by atoms with E-state index in [-0.39, 0.29) is 11.8 Å². The molecule has 0 aliphatic rings. The fraction of sp³-hybridized carbons (Fsp3) is 0.231. The molecule has 0 spiro atoms. The summed E-state index contributed by atoms with van der Waals surface area (Å²) in [6, 6.07) is 34.0. The molecule has 214 valence electrons. The highest BCUT2D eigenvalue weighted by atomic mass is 16.3. The molecule has 0 bridgehead atoms. The quantitative estimate of drug-likeness (QED) is 0.202. The van der Waals surface area contributed by atoms with Crippen LogP contribution in [0, 0.1) is 0 Å². The summed E-state index contributed by atoms with van der Waals surface area (Å²) in [6.45, 7) is 12.8. The van der Waals surface area contributed by atoms with E-state index in [0.29, 0.717) is 11.4 Å². The van der Waals surface area contributed by atoms with Crippen LogP contribution < -0.4 is 0 Å². The van der Waals surface area contributed by atoms with Crippen molar-refractivity contribution >= 4 is 33.1 Å². The van der Waals surface area contributed by atoms with E-state index in [1.807, 2.05) is 32.0 Å². The number of furan rings is 1. The fourth-order valence-electron chi connectivity index (χ4n) is 6.18. The third kappa shape index (κ3) is 4.53. The Morgan fingerprint density at radius 2 is 1.37 bits per heavy atom. The molecule has 4 aromatic carbocycles. The Balaban J connectivity index is 1.56. The van der Waals surface area contributed by atoms with Crippen molar-refractivity contribution in [2.75, 3.05) is 0 Å². The van der Waals surface area contributed by atoms with Crippen molar-refractivity contribution in [2.45, 2.75) is 59.3 Å². The van der Waals surface area contributed by atoms with Crippen LogP contribution in [0.3, 0.4) is 0 Å². The average Bonchev–Trinajstić information content (AvgIpc) is 3.58.